The maximum absolute atomic E-state index is 5.81. The highest BCUT2D eigenvalue weighted by Gasteiger charge is 2.14. The molecule has 0 spiro atoms. The SMILES string of the molecule is Cc1csc(C(CN)Cc2cccnc2)n1. The van der Waals surface area contributed by atoms with Crippen LogP contribution < -0.4 is 5.73 Å². The monoisotopic (exact) mass is 233 g/mol. The Labute approximate surface area is 99.4 Å². The Bertz CT molecular complexity index is 439. The zero-order valence-electron chi connectivity index (χ0n) is 9.26. The highest BCUT2D eigenvalue weighted by Crippen LogP contribution is 2.22. The summed E-state index contributed by atoms with van der Waals surface area (Å²) in [6, 6.07) is 4.03. The molecule has 2 aromatic heterocycles. The van der Waals surface area contributed by atoms with Crippen molar-refractivity contribution in [3.05, 3.63) is 46.2 Å². The van der Waals surface area contributed by atoms with Gasteiger partial charge in [-0.15, -0.1) is 11.3 Å². The van der Waals surface area contributed by atoms with E-state index in [0.717, 1.165) is 17.1 Å². The summed E-state index contributed by atoms with van der Waals surface area (Å²) in [5.74, 6) is 0.308. The van der Waals surface area contributed by atoms with Crippen molar-refractivity contribution in [2.75, 3.05) is 6.54 Å². The van der Waals surface area contributed by atoms with Crippen molar-refractivity contribution in [1.82, 2.24) is 9.97 Å². The quantitative estimate of drug-likeness (QED) is 0.880. The first kappa shape index (κ1) is 11.2. The summed E-state index contributed by atoms with van der Waals surface area (Å²) < 4.78 is 0. The van der Waals surface area contributed by atoms with E-state index in [-0.39, 0.29) is 0 Å². The summed E-state index contributed by atoms with van der Waals surface area (Å²) in [5.41, 5.74) is 8.10. The molecule has 0 aliphatic heterocycles. The molecule has 84 valence electrons. The van der Waals surface area contributed by atoms with E-state index in [9.17, 15) is 0 Å². The zero-order valence-corrected chi connectivity index (χ0v) is 10.1. The Morgan fingerprint density at radius 3 is 2.94 bits per heavy atom. The molecule has 16 heavy (non-hydrogen) atoms. The predicted molar refractivity (Wildman–Crippen MR) is 66.6 cm³/mol. The second-order valence-electron chi connectivity index (χ2n) is 3.83. The highest BCUT2D eigenvalue weighted by atomic mass is 32.1. The topological polar surface area (TPSA) is 51.8 Å². The number of thiazole rings is 1. The van der Waals surface area contributed by atoms with Crippen LogP contribution in [0.1, 0.15) is 22.2 Å². The molecule has 0 saturated heterocycles. The van der Waals surface area contributed by atoms with E-state index in [0.29, 0.717) is 12.5 Å². The Morgan fingerprint density at radius 1 is 1.50 bits per heavy atom. The Kier molecular flexibility index (Phi) is 3.64. The van der Waals surface area contributed by atoms with E-state index < -0.39 is 0 Å². The smallest absolute Gasteiger partial charge is 0.0975 e. The maximum Gasteiger partial charge on any atom is 0.0975 e. The molecule has 2 heterocycles. The van der Waals surface area contributed by atoms with Crippen LogP contribution in [0.15, 0.2) is 29.9 Å². The van der Waals surface area contributed by atoms with Crippen LogP contribution in [0.3, 0.4) is 0 Å². The van der Waals surface area contributed by atoms with Gasteiger partial charge < -0.3 is 5.73 Å². The lowest BCUT2D eigenvalue weighted by Crippen LogP contribution is -2.15. The Morgan fingerprint density at radius 2 is 2.38 bits per heavy atom. The summed E-state index contributed by atoms with van der Waals surface area (Å²) in [4.78, 5) is 8.61. The number of nitrogens with zero attached hydrogens (tertiary/aromatic N) is 2. The molecule has 1 atom stereocenters. The number of hydrogen-bond donors (Lipinski definition) is 1. The second-order valence-corrected chi connectivity index (χ2v) is 4.71. The van der Waals surface area contributed by atoms with Gasteiger partial charge in [-0.3, -0.25) is 4.98 Å². The molecule has 3 nitrogen and oxygen atoms in total. The van der Waals surface area contributed by atoms with E-state index in [2.05, 4.69) is 21.4 Å². The van der Waals surface area contributed by atoms with Crippen LogP contribution in [0, 0.1) is 6.92 Å². The van der Waals surface area contributed by atoms with E-state index in [1.807, 2.05) is 19.2 Å². The van der Waals surface area contributed by atoms with Crippen LogP contribution in [-0.2, 0) is 6.42 Å². The van der Waals surface area contributed by atoms with E-state index in [1.54, 1.807) is 17.5 Å². The average Bonchev–Trinajstić information content (AvgIpc) is 2.74. The van der Waals surface area contributed by atoms with Gasteiger partial charge in [0.05, 0.1) is 5.01 Å². The minimum absolute atomic E-state index is 0.308. The first-order valence-electron chi connectivity index (χ1n) is 5.30. The largest absolute Gasteiger partial charge is 0.330 e. The maximum atomic E-state index is 5.81. The molecule has 2 aromatic rings. The van der Waals surface area contributed by atoms with Crippen LogP contribution in [0.2, 0.25) is 0 Å². The van der Waals surface area contributed by atoms with Gasteiger partial charge in [-0.1, -0.05) is 6.07 Å². The van der Waals surface area contributed by atoms with Crippen molar-refractivity contribution in [2.45, 2.75) is 19.3 Å². The van der Waals surface area contributed by atoms with Crippen molar-refractivity contribution in [3.8, 4) is 0 Å². The molecule has 0 radical (unpaired) electrons. The second kappa shape index (κ2) is 5.18. The van der Waals surface area contributed by atoms with Crippen molar-refractivity contribution >= 4 is 11.3 Å². The molecular weight excluding hydrogens is 218 g/mol. The first-order valence-corrected chi connectivity index (χ1v) is 6.18. The van der Waals surface area contributed by atoms with Gasteiger partial charge in [-0.25, -0.2) is 4.98 Å². The van der Waals surface area contributed by atoms with E-state index >= 15 is 0 Å². The van der Waals surface area contributed by atoms with Crippen LogP contribution in [0.4, 0.5) is 0 Å². The highest BCUT2D eigenvalue weighted by molar-refractivity contribution is 7.09. The van der Waals surface area contributed by atoms with Gasteiger partial charge in [-0.05, 0) is 25.0 Å². The van der Waals surface area contributed by atoms with Crippen molar-refractivity contribution in [1.29, 1.82) is 0 Å². The van der Waals surface area contributed by atoms with Crippen LogP contribution >= 0.6 is 11.3 Å². The molecule has 0 bridgehead atoms. The van der Waals surface area contributed by atoms with E-state index in [4.69, 9.17) is 5.73 Å². The predicted octanol–water partition coefficient (Wildman–Crippen LogP) is 2.13. The van der Waals surface area contributed by atoms with Gasteiger partial charge >= 0.3 is 0 Å². The molecule has 0 aliphatic rings. The number of aromatic nitrogens is 2. The molecule has 4 heteroatoms. The van der Waals surface area contributed by atoms with Crippen molar-refractivity contribution < 1.29 is 0 Å². The minimum Gasteiger partial charge on any atom is -0.330 e. The third kappa shape index (κ3) is 2.65. The zero-order chi connectivity index (χ0) is 11.4. The fourth-order valence-electron chi connectivity index (χ4n) is 1.63. The summed E-state index contributed by atoms with van der Waals surface area (Å²) in [5, 5.41) is 3.20. The lowest BCUT2D eigenvalue weighted by atomic mass is 10.0. The summed E-state index contributed by atoms with van der Waals surface area (Å²) in [6.07, 6.45) is 4.59. The fourth-order valence-corrected chi connectivity index (χ4v) is 2.55. The third-order valence-electron chi connectivity index (χ3n) is 2.48. The fraction of sp³-hybridized carbons (Fsp3) is 0.333. The number of hydrogen-bond acceptors (Lipinski definition) is 4. The number of nitrogens with two attached hydrogens (primary N) is 1. The van der Waals surface area contributed by atoms with Gasteiger partial charge in [0.25, 0.3) is 0 Å². The minimum atomic E-state index is 0.308. The number of rotatable bonds is 4. The standard InChI is InChI=1S/C12H15N3S/c1-9-8-16-12(15-9)11(6-13)5-10-3-2-4-14-7-10/h2-4,7-8,11H,5-6,13H2,1H3. The summed E-state index contributed by atoms with van der Waals surface area (Å²) >= 11 is 1.69. The molecule has 0 amide bonds. The lowest BCUT2D eigenvalue weighted by Gasteiger charge is -2.11. The Balaban J connectivity index is 2.12. The van der Waals surface area contributed by atoms with Crippen molar-refractivity contribution in [3.63, 3.8) is 0 Å². The summed E-state index contributed by atoms with van der Waals surface area (Å²) in [7, 11) is 0. The van der Waals surface area contributed by atoms with Gasteiger partial charge in [0.2, 0.25) is 0 Å². The lowest BCUT2D eigenvalue weighted by molar-refractivity contribution is 0.685. The number of aryl methyl sites for hydroxylation is 1. The Hall–Kier alpha value is -1.26. The molecule has 0 aromatic carbocycles. The summed E-state index contributed by atoms with van der Waals surface area (Å²) in [6.45, 7) is 2.64. The molecular formula is C12H15N3S. The number of pyridine rings is 1. The average molecular weight is 233 g/mol. The van der Waals surface area contributed by atoms with Gasteiger partial charge in [0.1, 0.15) is 0 Å². The molecule has 0 fully saturated rings. The van der Waals surface area contributed by atoms with Gasteiger partial charge in [0, 0.05) is 35.9 Å². The molecule has 1 unspecified atom stereocenters. The van der Waals surface area contributed by atoms with Gasteiger partial charge in [0.15, 0.2) is 0 Å². The first-order chi connectivity index (χ1) is 7.79. The molecule has 2 rings (SSSR count). The molecule has 2 N–H and O–H groups in total. The van der Waals surface area contributed by atoms with Crippen LogP contribution in [0.25, 0.3) is 0 Å². The molecule has 0 aliphatic carbocycles. The van der Waals surface area contributed by atoms with Crippen LogP contribution in [-0.4, -0.2) is 16.5 Å². The van der Waals surface area contributed by atoms with E-state index in [1.165, 1.54) is 5.56 Å². The van der Waals surface area contributed by atoms with Crippen LogP contribution in [0.5, 0.6) is 0 Å². The van der Waals surface area contributed by atoms with Crippen molar-refractivity contribution in [2.24, 2.45) is 5.73 Å². The van der Waals surface area contributed by atoms with Gasteiger partial charge in [-0.2, -0.15) is 0 Å². The molecule has 0 saturated carbocycles. The third-order valence-corrected chi connectivity index (χ3v) is 3.60. The normalized spacial score (nSPS) is 12.6.